The fraction of sp³-hybridized carbons (Fsp3) is 0.529. The highest BCUT2D eigenvalue weighted by Gasteiger charge is 2.34. The lowest BCUT2D eigenvalue weighted by Crippen LogP contribution is -2.52. The topological polar surface area (TPSA) is 35.6 Å². The van der Waals surface area contributed by atoms with E-state index in [1.165, 1.54) is 5.56 Å². The summed E-state index contributed by atoms with van der Waals surface area (Å²) in [5.74, 6) is 0.655. The van der Waals surface area contributed by atoms with E-state index >= 15 is 0 Å². The first-order valence-corrected chi connectivity index (χ1v) is 8.52. The van der Waals surface area contributed by atoms with Crippen molar-refractivity contribution in [2.75, 3.05) is 31.5 Å². The monoisotopic (exact) mass is 317 g/mol. The Morgan fingerprint density at radius 3 is 2.27 bits per heavy atom. The Balaban J connectivity index is 1.49. The fourth-order valence-electron chi connectivity index (χ4n) is 2.74. The van der Waals surface area contributed by atoms with E-state index in [1.54, 1.807) is 0 Å². The van der Waals surface area contributed by atoms with Crippen LogP contribution in [-0.4, -0.2) is 47.0 Å². The number of rotatable bonds is 3. The molecule has 22 heavy (non-hydrogen) atoms. The summed E-state index contributed by atoms with van der Waals surface area (Å²) in [5.41, 5.74) is 2.35. The average Bonchev–Trinajstić information content (AvgIpc) is 3.40. The Bertz CT molecular complexity index is 546. The minimum absolute atomic E-state index is 0.314. The number of anilines is 1. The first-order chi connectivity index (χ1) is 10.7. The van der Waals surface area contributed by atoms with Crippen LogP contribution in [0.3, 0.4) is 0 Å². The zero-order valence-corrected chi connectivity index (χ0v) is 13.9. The molecule has 0 atom stereocenters. The van der Waals surface area contributed by atoms with Crippen LogP contribution in [0.25, 0.3) is 0 Å². The standard InChI is InChI=1S/C17H23N3OS/c1-2-13-3-7-15(8-4-13)18-17(22)20-11-9-19(10-12-20)16(21)14-5-6-14/h3-4,7-8,14H,2,5-6,9-12H2,1H3,(H,18,22). The van der Waals surface area contributed by atoms with E-state index in [0.29, 0.717) is 11.8 Å². The molecular weight excluding hydrogens is 294 g/mol. The molecule has 5 heteroatoms. The van der Waals surface area contributed by atoms with Crippen molar-refractivity contribution in [3.05, 3.63) is 29.8 Å². The second-order valence-electron chi connectivity index (χ2n) is 6.07. The summed E-state index contributed by atoms with van der Waals surface area (Å²) in [7, 11) is 0. The van der Waals surface area contributed by atoms with Crippen molar-refractivity contribution < 1.29 is 4.79 Å². The second kappa shape index (κ2) is 6.65. The van der Waals surface area contributed by atoms with Crippen LogP contribution in [0.15, 0.2) is 24.3 Å². The van der Waals surface area contributed by atoms with Gasteiger partial charge in [0.05, 0.1) is 0 Å². The van der Waals surface area contributed by atoms with Gasteiger partial charge in [0.1, 0.15) is 0 Å². The normalized spacial score (nSPS) is 18.2. The number of hydrogen-bond acceptors (Lipinski definition) is 2. The largest absolute Gasteiger partial charge is 0.345 e. The van der Waals surface area contributed by atoms with Crippen LogP contribution in [0.5, 0.6) is 0 Å². The summed E-state index contributed by atoms with van der Waals surface area (Å²) in [4.78, 5) is 16.2. The number of piperazine rings is 1. The molecule has 1 N–H and O–H groups in total. The minimum Gasteiger partial charge on any atom is -0.345 e. The Kier molecular flexibility index (Phi) is 4.62. The molecule has 3 rings (SSSR count). The van der Waals surface area contributed by atoms with Crippen molar-refractivity contribution in [3.8, 4) is 0 Å². The molecular formula is C17H23N3OS. The molecule has 4 nitrogen and oxygen atoms in total. The third kappa shape index (κ3) is 3.58. The summed E-state index contributed by atoms with van der Waals surface area (Å²) in [6.07, 6.45) is 3.20. The number of aryl methyl sites for hydroxylation is 1. The van der Waals surface area contributed by atoms with Gasteiger partial charge in [-0.25, -0.2) is 0 Å². The van der Waals surface area contributed by atoms with Gasteiger partial charge in [0.15, 0.2) is 5.11 Å². The average molecular weight is 317 g/mol. The predicted octanol–water partition coefficient (Wildman–Crippen LogP) is 2.50. The van der Waals surface area contributed by atoms with Crippen molar-refractivity contribution in [3.63, 3.8) is 0 Å². The first-order valence-electron chi connectivity index (χ1n) is 8.11. The van der Waals surface area contributed by atoms with Crippen LogP contribution >= 0.6 is 12.2 Å². The number of nitrogens with one attached hydrogen (secondary N) is 1. The summed E-state index contributed by atoms with van der Waals surface area (Å²) in [5, 5.41) is 4.05. The number of nitrogens with zero attached hydrogens (tertiary/aromatic N) is 2. The van der Waals surface area contributed by atoms with E-state index in [1.807, 2.05) is 4.90 Å². The second-order valence-corrected chi connectivity index (χ2v) is 6.45. The molecule has 1 saturated heterocycles. The molecule has 2 aliphatic rings. The van der Waals surface area contributed by atoms with Crippen LogP contribution in [0.4, 0.5) is 5.69 Å². The van der Waals surface area contributed by atoms with Gasteiger partial charge in [-0.3, -0.25) is 4.79 Å². The summed E-state index contributed by atoms with van der Waals surface area (Å²) >= 11 is 5.50. The van der Waals surface area contributed by atoms with Crippen LogP contribution < -0.4 is 5.32 Å². The Morgan fingerprint density at radius 1 is 1.14 bits per heavy atom. The summed E-state index contributed by atoms with van der Waals surface area (Å²) in [6, 6.07) is 8.38. The van der Waals surface area contributed by atoms with Crippen molar-refractivity contribution >= 4 is 28.9 Å². The number of carbonyl (C=O) groups excluding carboxylic acids is 1. The van der Waals surface area contributed by atoms with E-state index in [0.717, 1.165) is 56.2 Å². The molecule has 0 aromatic heterocycles. The van der Waals surface area contributed by atoms with Gasteiger partial charge in [-0.05, 0) is 49.2 Å². The molecule has 1 aliphatic heterocycles. The maximum Gasteiger partial charge on any atom is 0.225 e. The first kappa shape index (κ1) is 15.3. The number of amides is 1. The maximum atomic E-state index is 12.0. The van der Waals surface area contributed by atoms with Gasteiger partial charge in [0, 0.05) is 37.8 Å². The third-order valence-electron chi connectivity index (χ3n) is 4.42. The molecule has 1 heterocycles. The minimum atomic E-state index is 0.314. The van der Waals surface area contributed by atoms with E-state index < -0.39 is 0 Å². The highest BCUT2D eigenvalue weighted by molar-refractivity contribution is 7.80. The number of thiocarbonyl (C=S) groups is 1. The van der Waals surface area contributed by atoms with Crippen molar-refractivity contribution in [2.24, 2.45) is 5.92 Å². The quantitative estimate of drug-likeness (QED) is 0.869. The SMILES string of the molecule is CCc1ccc(NC(=S)N2CCN(C(=O)C3CC3)CC2)cc1. The van der Waals surface area contributed by atoms with Crippen LogP contribution in [-0.2, 0) is 11.2 Å². The molecule has 0 radical (unpaired) electrons. The molecule has 0 spiro atoms. The van der Waals surface area contributed by atoms with Gasteiger partial charge in [-0.2, -0.15) is 0 Å². The summed E-state index contributed by atoms with van der Waals surface area (Å²) in [6.45, 7) is 5.35. The molecule has 1 saturated carbocycles. The number of carbonyl (C=O) groups is 1. The highest BCUT2D eigenvalue weighted by atomic mass is 32.1. The Morgan fingerprint density at radius 2 is 1.73 bits per heavy atom. The van der Waals surface area contributed by atoms with Crippen LogP contribution in [0.2, 0.25) is 0 Å². The molecule has 1 aromatic rings. The van der Waals surface area contributed by atoms with Gasteiger partial charge >= 0.3 is 0 Å². The van der Waals surface area contributed by atoms with Gasteiger partial charge in [-0.1, -0.05) is 19.1 Å². The molecule has 1 amide bonds. The number of hydrogen-bond donors (Lipinski definition) is 1. The lowest BCUT2D eigenvalue weighted by molar-refractivity contribution is -0.133. The lowest BCUT2D eigenvalue weighted by Gasteiger charge is -2.36. The number of benzene rings is 1. The maximum absolute atomic E-state index is 12.0. The Labute approximate surface area is 137 Å². The third-order valence-corrected chi connectivity index (χ3v) is 4.78. The van der Waals surface area contributed by atoms with Crippen molar-refractivity contribution in [1.29, 1.82) is 0 Å². The predicted molar refractivity (Wildman–Crippen MR) is 92.9 cm³/mol. The molecule has 118 valence electrons. The van der Waals surface area contributed by atoms with Crippen molar-refractivity contribution in [2.45, 2.75) is 26.2 Å². The molecule has 1 aromatic carbocycles. The van der Waals surface area contributed by atoms with E-state index in [9.17, 15) is 4.79 Å². The van der Waals surface area contributed by atoms with E-state index in [4.69, 9.17) is 12.2 Å². The lowest BCUT2D eigenvalue weighted by atomic mass is 10.1. The van der Waals surface area contributed by atoms with Crippen LogP contribution in [0, 0.1) is 5.92 Å². The van der Waals surface area contributed by atoms with Crippen LogP contribution in [0.1, 0.15) is 25.3 Å². The molecule has 0 unspecified atom stereocenters. The zero-order chi connectivity index (χ0) is 15.5. The van der Waals surface area contributed by atoms with Gasteiger partial charge in [-0.15, -0.1) is 0 Å². The zero-order valence-electron chi connectivity index (χ0n) is 13.0. The Hall–Kier alpha value is -1.62. The van der Waals surface area contributed by atoms with E-state index in [-0.39, 0.29) is 0 Å². The van der Waals surface area contributed by atoms with Crippen molar-refractivity contribution in [1.82, 2.24) is 9.80 Å². The van der Waals surface area contributed by atoms with Gasteiger partial charge in [0.2, 0.25) is 5.91 Å². The molecule has 1 aliphatic carbocycles. The molecule has 2 fully saturated rings. The molecule has 0 bridgehead atoms. The smallest absolute Gasteiger partial charge is 0.225 e. The highest BCUT2D eigenvalue weighted by Crippen LogP contribution is 2.31. The van der Waals surface area contributed by atoms with E-state index in [2.05, 4.69) is 41.4 Å². The fourth-order valence-corrected chi connectivity index (χ4v) is 3.05. The summed E-state index contributed by atoms with van der Waals surface area (Å²) < 4.78 is 0. The van der Waals surface area contributed by atoms with Gasteiger partial charge < -0.3 is 15.1 Å². The van der Waals surface area contributed by atoms with Gasteiger partial charge in [0.25, 0.3) is 0 Å².